The number of carbonyl (C=O) groups is 1. The normalized spacial score (nSPS) is 16.2. The summed E-state index contributed by atoms with van der Waals surface area (Å²) >= 11 is 0. The number of hydrogen-bond acceptors (Lipinski definition) is 4. The molecular weight excluding hydrogens is 397 g/mol. The lowest BCUT2D eigenvalue weighted by atomic mass is 10.0. The largest absolute Gasteiger partial charge is 0.416 e. The second-order valence-electron chi connectivity index (χ2n) is 7.07. The van der Waals surface area contributed by atoms with Crippen LogP contribution in [0.2, 0.25) is 0 Å². The van der Waals surface area contributed by atoms with E-state index in [2.05, 4.69) is 10.2 Å². The molecule has 1 fully saturated rings. The predicted molar refractivity (Wildman–Crippen MR) is 106 cm³/mol. The highest BCUT2D eigenvalue weighted by molar-refractivity contribution is 5.77. The summed E-state index contributed by atoms with van der Waals surface area (Å²) in [7, 11) is 0. The Kier molecular flexibility index (Phi) is 7.84. The van der Waals surface area contributed by atoms with Gasteiger partial charge in [-0.2, -0.15) is 13.2 Å². The van der Waals surface area contributed by atoms with Crippen molar-refractivity contribution in [3.8, 4) is 0 Å². The molecule has 0 radical (unpaired) electrons. The van der Waals surface area contributed by atoms with Gasteiger partial charge in [0.05, 0.1) is 31.4 Å². The Morgan fingerprint density at radius 1 is 1.07 bits per heavy atom. The number of ether oxygens (including phenoxy) is 2. The second-order valence-corrected chi connectivity index (χ2v) is 7.07. The van der Waals surface area contributed by atoms with Crippen LogP contribution in [0.1, 0.15) is 22.7 Å². The Morgan fingerprint density at radius 2 is 1.73 bits per heavy atom. The Morgan fingerprint density at radius 3 is 2.37 bits per heavy atom. The van der Waals surface area contributed by atoms with Crippen LogP contribution in [0, 0.1) is 0 Å². The fourth-order valence-electron chi connectivity index (χ4n) is 3.34. The van der Waals surface area contributed by atoms with Gasteiger partial charge in [0.1, 0.15) is 6.61 Å². The van der Waals surface area contributed by atoms with E-state index >= 15 is 0 Å². The van der Waals surface area contributed by atoms with Crippen molar-refractivity contribution in [2.45, 2.75) is 18.8 Å². The minimum atomic E-state index is -4.38. The molecule has 0 spiro atoms. The van der Waals surface area contributed by atoms with Gasteiger partial charge in [-0.25, -0.2) is 0 Å². The van der Waals surface area contributed by atoms with E-state index in [-0.39, 0.29) is 25.1 Å². The molecule has 0 bridgehead atoms. The molecule has 2 aromatic carbocycles. The Labute approximate surface area is 173 Å². The van der Waals surface area contributed by atoms with Crippen LogP contribution in [0.15, 0.2) is 54.6 Å². The van der Waals surface area contributed by atoms with Gasteiger partial charge in [0.25, 0.3) is 0 Å². The van der Waals surface area contributed by atoms with Crippen molar-refractivity contribution in [2.24, 2.45) is 0 Å². The number of benzene rings is 2. The number of rotatable bonds is 8. The Hall–Kier alpha value is -2.42. The fraction of sp³-hybridized carbons (Fsp3) is 0.409. The highest BCUT2D eigenvalue weighted by Crippen LogP contribution is 2.31. The molecule has 30 heavy (non-hydrogen) atoms. The lowest BCUT2D eigenvalue weighted by Gasteiger charge is -2.35. The van der Waals surface area contributed by atoms with Gasteiger partial charge in [-0.3, -0.25) is 9.69 Å². The summed E-state index contributed by atoms with van der Waals surface area (Å²) < 4.78 is 49.4. The van der Waals surface area contributed by atoms with Crippen molar-refractivity contribution < 1.29 is 27.4 Å². The van der Waals surface area contributed by atoms with E-state index in [1.165, 1.54) is 12.1 Å². The van der Waals surface area contributed by atoms with E-state index in [4.69, 9.17) is 9.47 Å². The highest BCUT2D eigenvalue weighted by Gasteiger charge is 2.31. The first kappa shape index (κ1) is 22.3. The molecule has 1 aliphatic heterocycles. The number of morpholine rings is 1. The summed E-state index contributed by atoms with van der Waals surface area (Å²) in [6.07, 6.45) is -4.38. The molecule has 0 aromatic heterocycles. The Bertz CT molecular complexity index is 792. The van der Waals surface area contributed by atoms with Crippen LogP contribution < -0.4 is 5.32 Å². The lowest BCUT2D eigenvalue weighted by Crippen LogP contribution is -2.44. The SMILES string of the molecule is O=C(COCc1ccccc1)NCC(c1ccc(C(F)(F)F)cc1)N1CCOCC1. The van der Waals surface area contributed by atoms with Gasteiger partial charge in [-0.15, -0.1) is 0 Å². The third-order valence-electron chi connectivity index (χ3n) is 4.95. The molecule has 1 unspecified atom stereocenters. The smallest absolute Gasteiger partial charge is 0.379 e. The summed E-state index contributed by atoms with van der Waals surface area (Å²) in [6.45, 7) is 2.91. The first-order valence-electron chi connectivity index (χ1n) is 9.81. The standard InChI is InChI=1S/C22H25F3N2O3/c23-22(24,25)19-8-6-18(7-9-19)20(27-10-12-29-13-11-27)14-26-21(28)16-30-15-17-4-2-1-3-5-17/h1-9,20H,10-16H2,(H,26,28). The number of alkyl halides is 3. The van der Waals surface area contributed by atoms with E-state index in [9.17, 15) is 18.0 Å². The summed E-state index contributed by atoms with van der Waals surface area (Å²) in [5.41, 5.74) is 1.00. The molecule has 162 valence electrons. The summed E-state index contributed by atoms with van der Waals surface area (Å²) in [4.78, 5) is 14.3. The van der Waals surface area contributed by atoms with E-state index in [0.29, 0.717) is 32.9 Å². The molecule has 8 heteroatoms. The van der Waals surface area contributed by atoms with E-state index in [1.54, 1.807) is 0 Å². The summed E-state index contributed by atoms with van der Waals surface area (Å²) in [6, 6.07) is 14.4. The van der Waals surface area contributed by atoms with Crippen molar-refractivity contribution in [3.05, 3.63) is 71.3 Å². The molecule has 1 amide bonds. The minimum Gasteiger partial charge on any atom is -0.379 e. The minimum absolute atomic E-state index is 0.0856. The second kappa shape index (κ2) is 10.6. The molecule has 1 aliphatic rings. The maximum atomic E-state index is 12.9. The van der Waals surface area contributed by atoms with E-state index in [0.717, 1.165) is 23.3 Å². The number of hydrogen-bond donors (Lipinski definition) is 1. The predicted octanol–water partition coefficient (Wildman–Crippen LogP) is 3.41. The molecule has 1 atom stereocenters. The zero-order valence-corrected chi connectivity index (χ0v) is 16.5. The molecule has 0 saturated carbocycles. The average molecular weight is 422 g/mol. The summed E-state index contributed by atoms with van der Waals surface area (Å²) in [5, 5.41) is 2.84. The van der Waals surface area contributed by atoms with Gasteiger partial charge in [-0.1, -0.05) is 42.5 Å². The first-order chi connectivity index (χ1) is 14.4. The monoisotopic (exact) mass is 422 g/mol. The third-order valence-corrected chi connectivity index (χ3v) is 4.95. The number of amides is 1. The highest BCUT2D eigenvalue weighted by atomic mass is 19.4. The van der Waals surface area contributed by atoms with Crippen LogP contribution >= 0.6 is 0 Å². The molecule has 3 rings (SSSR count). The quantitative estimate of drug-likeness (QED) is 0.709. The first-order valence-corrected chi connectivity index (χ1v) is 9.81. The molecule has 1 N–H and O–H groups in total. The number of carbonyl (C=O) groups excluding carboxylic acids is 1. The van der Waals surface area contributed by atoms with Crippen LogP contribution in [-0.2, 0) is 27.1 Å². The molecule has 1 saturated heterocycles. The van der Waals surface area contributed by atoms with Gasteiger partial charge in [-0.05, 0) is 23.3 Å². The zero-order valence-electron chi connectivity index (χ0n) is 16.5. The topological polar surface area (TPSA) is 50.8 Å². The molecular formula is C22H25F3N2O3. The molecule has 5 nitrogen and oxygen atoms in total. The van der Waals surface area contributed by atoms with Crippen molar-refractivity contribution in [3.63, 3.8) is 0 Å². The van der Waals surface area contributed by atoms with Crippen LogP contribution in [0.5, 0.6) is 0 Å². The Balaban J connectivity index is 1.58. The zero-order chi connectivity index (χ0) is 21.4. The van der Waals surface area contributed by atoms with Gasteiger partial charge < -0.3 is 14.8 Å². The number of halogens is 3. The fourth-order valence-corrected chi connectivity index (χ4v) is 3.34. The van der Waals surface area contributed by atoms with Crippen LogP contribution in [0.3, 0.4) is 0 Å². The maximum Gasteiger partial charge on any atom is 0.416 e. The van der Waals surface area contributed by atoms with Crippen LogP contribution in [0.4, 0.5) is 13.2 Å². The van der Waals surface area contributed by atoms with Gasteiger partial charge in [0.15, 0.2) is 0 Å². The summed E-state index contributed by atoms with van der Waals surface area (Å²) in [5.74, 6) is -0.267. The van der Waals surface area contributed by atoms with Gasteiger partial charge in [0.2, 0.25) is 5.91 Å². The third kappa shape index (κ3) is 6.55. The van der Waals surface area contributed by atoms with Crippen molar-refractivity contribution in [1.82, 2.24) is 10.2 Å². The van der Waals surface area contributed by atoms with Crippen molar-refractivity contribution >= 4 is 5.91 Å². The van der Waals surface area contributed by atoms with Crippen LogP contribution in [-0.4, -0.2) is 50.3 Å². The van der Waals surface area contributed by atoms with E-state index in [1.807, 2.05) is 30.3 Å². The van der Waals surface area contributed by atoms with Crippen molar-refractivity contribution in [1.29, 1.82) is 0 Å². The number of nitrogens with zero attached hydrogens (tertiary/aromatic N) is 1. The maximum absolute atomic E-state index is 12.9. The van der Waals surface area contributed by atoms with Crippen LogP contribution in [0.25, 0.3) is 0 Å². The van der Waals surface area contributed by atoms with Gasteiger partial charge in [0, 0.05) is 19.6 Å². The average Bonchev–Trinajstić information content (AvgIpc) is 2.75. The van der Waals surface area contributed by atoms with E-state index < -0.39 is 11.7 Å². The molecule has 2 aromatic rings. The van der Waals surface area contributed by atoms with Gasteiger partial charge >= 0.3 is 6.18 Å². The molecule has 1 heterocycles. The van der Waals surface area contributed by atoms with Crippen molar-refractivity contribution in [2.75, 3.05) is 39.5 Å². The molecule has 0 aliphatic carbocycles. The number of nitrogens with one attached hydrogen (secondary N) is 1. The lowest BCUT2D eigenvalue weighted by molar-refractivity contribution is -0.137.